The summed E-state index contributed by atoms with van der Waals surface area (Å²) in [6, 6.07) is 10.3. The van der Waals surface area contributed by atoms with Crippen molar-refractivity contribution in [3.8, 4) is 0 Å². The number of likely N-dealkylation sites (tertiary alicyclic amines) is 1. The van der Waals surface area contributed by atoms with E-state index in [-0.39, 0.29) is 17.9 Å². The van der Waals surface area contributed by atoms with Crippen LogP contribution in [0.5, 0.6) is 0 Å². The molecule has 0 saturated carbocycles. The second-order valence-corrected chi connectivity index (χ2v) is 5.64. The minimum atomic E-state index is -0.110. The largest absolute Gasteiger partial charge is 0.459 e. The van der Waals surface area contributed by atoms with Gasteiger partial charge in [-0.15, -0.1) is 0 Å². The Bertz CT molecular complexity index is 672. The smallest absolute Gasteiger partial charge is 0.289 e. The van der Waals surface area contributed by atoms with Crippen LogP contribution in [0.1, 0.15) is 33.8 Å². The van der Waals surface area contributed by atoms with Crippen LogP contribution in [0.25, 0.3) is 0 Å². The number of rotatable bonds is 3. The summed E-state index contributed by atoms with van der Waals surface area (Å²) < 4.78 is 5.14. The summed E-state index contributed by atoms with van der Waals surface area (Å²) in [4.78, 5) is 26.1. The SMILES string of the molecule is Nc1ccc(C(=O)NC2CCN(C(=O)c3ccco3)CC2)cc1. The Labute approximate surface area is 134 Å². The van der Waals surface area contributed by atoms with Crippen LogP contribution in [0.4, 0.5) is 5.69 Å². The molecule has 1 fully saturated rings. The van der Waals surface area contributed by atoms with Crippen molar-refractivity contribution >= 4 is 17.5 Å². The summed E-state index contributed by atoms with van der Waals surface area (Å²) >= 11 is 0. The predicted molar refractivity (Wildman–Crippen MR) is 86.0 cm³/mol. The Morgan fingerprint density at radius 2 is 1.83 bits per heavy atom. The molecule has 1 aromatic heterocycles. The Balaban J connectivity index is 1.52. The van der Waals surface area contributed by atoms with Crippen LogP contribution in [0, 0.1) is 0 Å². The van der Waals surface area contributed by atoms with Crippen LogP contribution in [0.15, 0.2) is 47.1 Å². The van der Waals surface area contributed by atoms with E-state index < -0.39 is 0 Å². The first-order chi connectivity index (χ1) is 11.1. The maximum absolute atomic E-state index is 12.2. The van der Waals surface area contributed by atoms with Gasteiger partial charge in [0.05, 0.1) is 6.26 Å². The molecule has 120 valence electrons. The Morgan fingerprint density at radius 1 is 1.13 bits per heavy atom. The number of benzene rings is 1. The number of nitrogens with two attached hydrogens (primary N) is 1. The third kappa shape index (κ3) is 3.53. The highest BCUT2D eigenvalue weighted by Crippen LogP contribution is 2.15. The number of hydrogen-bond donors (Lipinski definition) is 2. The van der Waals surface area contributed by atoms with Crippen LogP contribution in [-0.2, 0) is 0 Å². The molecule has 0 radical (unpaired) electrons. The number of furan rings is 1. The van der Waals surface area contributed by atoms with Crippen LogP contribution in [-0.4, -0.2) is 35.8 Å². The zero-order chi connectivity index (χ0) is 16.2. The number of amides is 2. The summed E-state index contributed by atoms with van der Waals surface area (Å²) in [6.45, 7) is 1.21. The third-order valence-corrected chi connectivity index (χ3v) is 4.02. The third-order valence-electron chi connectivity index (χ3n) is 4.02. The maximum Gasteiger partial charge on any atom is 0.289 e. The van der Waals surface area contributed by atoms with E-state index in [4.69, 9.17) is 10.2 Å². The van der Waals surface area contributed by atoms with Gasteiger partial charge in [0.15, 0.2) is 5.76 Å². The Hall–Kier alpha value is -2.76. The van der Waals surface area contributed by atoms with E-state index in [9.17, 15) is 9.59 Å². The van der Waals surface area contributed by atoms with Gasteiger partial charge in [-0.05, 0) is 49.2 Å². The second kappa shape index (κ2) is 6.56. The fraction of sp³-hybridized carbons (Fsp3) is 0.294. The van der Waals surface area contributed by atoms with Gasteiger partial charge in [0, 0.05) is 30.4 Å². The Morgan fingerprint density at radius 3 is 2.43 bits per heavy atom. The molecule has 23 heavy (non-hydrogen) atoms. The summed E-state index contributed by atoms with van der Waals surface area (Å²) in [5, 5.41) is 3.01. The molecule has 1 aliphatic heterocycles. The molecule has 2 aromatic rings. The van der Waals surface area contributed by atoms with E-state index in [1.165, 1.54) is 6.26 Å². The van der Waals surface area contributed by atoms with Crippen molar-refractivity contribution in [1.82, 2.24) is 10.2 Å². The van der Waals surface area contributed by atoms with E-state index in [1.54, 1.807) is 41.3 Å². The molecule has 1 aliphatic rings. The molecule has 0 unspecified atom stereocenters. The molecule has 2 heterocycles. The summed E-state index contributed by atoms with van der Waals surface area (Å²) in [7, 11) is 0. The van der Waals surface area contributed by atoms with Crippen LogP contribution in [0.2, 0.25) is 0 Å². The highest BCUT2D eigenvalue weighted by molar-refractivity contribution is 5.94. The molecule has 0 aliphatic carbocycles. The molecule has 3 N–H and O–H groups in total. The number of carbonyl (C=O) groups excluding carboxylic acids is 2. The average Bonchev–Trinajstić information content (AvgIpc) is 3.10. The van der Waals surface area contributed by atoms with E-state index in [0.717, 1.165) is 12.8 Å². The summed E-state index contributed by atoms with van der Waals surface area (Å²) in [6.07, 6.45) is 2.95. The van der Waals surface area contributed by atoms with Crippen molar-refractivity contribution in [2.24, 2.45) is 0 Å². The minimum Gasteiger partial charge on any atom is -0.459 e. The van der Waals surface area contributed by atoms with E-state index in [1.807, 2.05) is 0 Å². The number of nitrogen functional groups attached to an aromatic ring is 1. The summed E-state index contributed by atoms with van der Waals surface area (Å²) in [5.41, 5.74) is 6.84. The molecule has 1 saturated heterocycles. The van der Waals surface area contributed by atoms with Crippen molar-refractivity contribution < 1.29 is 14.0 Å². The number of hydrogen-bond acceptors (Lipinski definition) is 4. The standard InChI is InChI=1S/C17H19N3O3/c18-13-5-3-12(4-6-13)16(21)19-14-7-9-20(10-8-14)17(22)15-2-1-11-23-15/h1-6,11,14H,7-10,18H2,(H,19,21). The van der Waals surface area contributed by atoms with Gasteiger partial charge in [0.1, 0.15) is 0 Å². The average molecular weight is 313 g/mol. The quantitative estimate of drug-likeness (QED) is 0.847. The highest BCUT2D eigenvalue weighted by atomic mass is 16.3. The van der Waals surface area contributed by atoms with Gasteiger partial charge in [-0.1, -0.05) is 0 Å². The highest BCUT2D eigenvalue weighted by Gasteiger charge is 2.25. The van der Waals surface area contributed by atoms with Crippen LogP contribution >= 0.6 is 0 Å². The van der Waals surface area contributed by atoms with Crippen LogP contribution < -0.4 is 11.1 Å². The monoisotopic (exact) mass is 313 g/mol. The zero-order valence-electron chi connectivity index (χ0n) is 12.7. The van der Waals surface area contributed by atoms with Crippen molar-refractivity contribution in [3.63, 3.8) is 0 Å². The molecular formula is C17H19N3O3. The van der Waals surface area contributed by atoms with Gasteiger partial charge in [-0.2, -0.15) is 0 Å². The number of anilines is 1. The van der Waals surface area contributed by atoms with E-state index >= 15 is 0 Å². The zero-order valence-corrected chi connectivity index (χ0v) is 12.7. The van der Waals surface area contributed by atoms with Gasteiger partial charge in [-0.25, -0.2) is 0 Å². The second-order valence-electron chi connectivity index (χ2n) is 5.64. The van der Waals surface area contributed by atoms with Crippen molar-refractivity contribution in [3.05, 3.63) is 54.0 Å². The number of nitrogens with one attached hydrogen (secondary N) is 1. The van der Waals surface area contributed by atoms with E-state index in [0.29, 0.717) is 30.1 Å². The number of carbonyl (C=O) groups is 2. The molecule has 2 amide bonds. The first-order valence-electron chi connectivity index (χ1n) is 7.62. The van der Waals surface area contributed by atoms with Crippen molar-refractivity contribution in [1.29, 1.82) is 0 Å². The molecule has 6 heteroatoms. The lowest BCUT2D eigenvalue weighted by molar-refractivity contribution is 0.0667. The lowest BCUT2D eigenvalue weighted by Gasteiger charge is -2.31. The summed E-state index contributed by atoms with van der Waals surface area (Å²) in [5.74, 6) is 0.147. The molecule has 0 atom stereocenters. The number of nitrogens with zero attached hydrogens (tertiary/aromatic N) is 1. The first-order valence-corrected chi connectivity index (χ1v) is 7.62. The fourth-order valence-electron chi connectivity index (χ4n) is 2.69. The lowest BCUT2D eigenvalue weighted by Crippen LogP contribution is -2.46. The Kier molecular flexibility index (Phi) is 4.32. The topological polar surface area (TPSA) is 88.6 Å². The molecule has 0 bridgehead atoms. The van der Waals surface area contributed by atoms with E-state index in [2.05, 4.69) is 5.32 Å². The van der Waals surface area contributed by atoms with Crippen molar-refractivity contribution in [2.45, 2.75) is 18.9 Å². The fourth-order valence-corrected chi connectivity index (χ4v) is 2.69. The lowest BCUT2D eigenvalue weighted by atomic mass is 10.0. The molecule has 0 spiro atoms. The van der Waals surface area contributed by atoms with Crippen molar-refractivity contribution in [2.75, 3.05) is 18.8 Å². The molecule has 1 aromatic carbocycles. The van der Waals surface area contributed by atoms with Gasteiger partial charge in [-0.3, -0.25) is 9.59 Å². The predicted octanol–water partition coefficient (Wildman–Crippen LogP) is 1.90. The molecule has 6 nitrogen and oxygen atoms in total. The van der Waals surface area contributed by atoms with Gasteiger partial charge < -0.3 is 20.4 Å². The van der Waals surface area contributed by atoms with Gasteiger partial charge in [0.25, 0.3) is 11.8 Å². The van der Waals surface area contributed by atoms with Gasteiger partial charge in [0.2, 0.25) is 0 Å². The maximum atomic E-state index is 12.2. The number of piperidine rings is 1. The minimum absolute atomic E-state index is 0.0701. The van der Waals surface area contributed by atoms with Gasteiger partial charge >= 0.3 is 0 Å². The first kappa shape index (κ1) is 15.1. The molecular weight excluding hydrogens is 294 g/mol. The normalized spacial score (nSPS) is 15.4. The van der Waals surface area contributed by atoms with Crippen LogP contribution in [0.3, 0.4) is 0 Å². The molecule has 3 rings (SSSR count).